The molecule has 3 heteroatoms. The molecule has 1 unspecified atom stereocenters. The van der Waals surface area contributed by atoms with Crippen molar-refractivity contribution < 1.29 is 9.53 Å². The number of ether oxygens (including phenoxy) is 1. The summed E-state index contributed by atoms with van der Waals surface area (Å²) in [5, 5.41) is 8.93. The molecule has 0 aromatic heterocycles. The lowest BCUT2D eigenvalue weighted by Gasteiger charge is -2.06. The van der Waals surface area contributed by atoms with Crippen LogP contribution in [0.25, 0.3) is 0 Å². The van der Waals surface area contributed by atoms with Crippen LogP contribution in [0.2, 0.25) is 0 Å². The summed E-state index contributed by atoms with van der Waals surface area (Å²) in [5.74, 6) is 0.210. The lowest BCUT2D eigenvalue weighted by atomic mass is 10.0. The van der Waals surface area contributed by atoms with Crippen molar-refractivity contribution in [3.63, 3.8) is 0 Å². The summed E-state index contributed by atoms with van der Waals surface area (Å²) in [7, 11) is 1.32. The molecule has 0 amide bonds. The van der Waals surface area contributed by atoms with Crippen LogP contribution >= 0.6 is 0 Å². The van der Waals surface area contributed by atoms with Gasteiger partial charge in [-0.1, -0.05) is 13.3 Å². The van der Waals surface area contributed by atoms with E-state index in [-0.39, 0.29) is 5.57 Å². The van der Waals surface area contributed by atoms with E-state index in [0.29, 0.717) is 5.92 Å². The van der Waals surface area contributed by atoms with Crippen molar-refractivity contribution in [2.75, 3.05) is 7.11 Å². The highest BCUT2D eigenvalue weighted by Gasteiger charge is 2.18. The van der Waals surface area contributed by atoms with Gasteiger partial charge in [0.25, 0.3) is 0 Å². The van der Waals surface area contributed by atoms with E-state index in [4.69, 9.17) is 5.26 Å². The lowest BCUT2D eigenvalue weighted by molar-refractivity contribution is -0.135. The Bertz CT molecular complexity index is 312. The molecule has 0 spiro atoms. The Kier molecular flexibility index (Phi) is 4.36. The summed E-state index contributed by atoms with van der Waals surface area (Å²) >= 11 is 0. The molecule has 0 aliphatic heterocycles. The Balaban J connectivity index is 2.86. The van der Waals surface area contributed by atoms with Gasteiger partial charge in [-0.15, -0.1) is 0 Å². The predicted octanol–water partition coefficient (Wildman–Crippen LogP) is 2.58. The van der Waals surface area contributed by atoms with Crippen LogP contribution in [0.5, 0.6) is 0 Å². The monoisotopic (exact) mass is 207 g/mol. The van der Waals surface area contributed by atoms with Gasteiger partial charge in [-0.25, -0.2) is 4.79 Å². The average Bonchev–Trinajstić information content (AvgIpc) is 2.45. The molecular weight excluding hydrogens is 190 g/mol. The number of carbonyl (C=O) groups excluding carboxylic acids is 1. The van der Waals surface area contributed by atoms with Crippen molar-refractivity contribution in [2.24, 2.45) is 5.92 Å². The van der Waals surface area contributed by atoms with Crippen molar-refractivity contribution in [2.45, 2.75) is 39.0 Å². The maximum atomic E-state index is 11.3. The maximum Gasteiger partial charge on any atom is 0.348 e. The van der Waals surface area contributed by atoms with Gasteiger partial charge in [-0.3, -0.25) is 0 Å². The summed E-state index contributed by atoms with van der Waals surface area (Å²) < 4.78 is 4.60. The van der Waals surface area contributed by atoms with Crippen LogP contribution in [0.4, 0.5) is 0 Å². The molecule has 1 fully saturated rings. The molecule has 15 heavy (non-hydrogen) atoms. The molecule has 1 saturated carbocycles. The Hall–Kier alpha value is -1.30. The topological polar surface area (TPSA) is 50.1 Å². The summed E-state index contributed by atoms with van der Waals surface area (Å²) in [6.07, 6.45) is 5.04. The van der Waals surface area contributed by atoms with Gasteiger partial charge in [0, 0.05) is 0 Å². The molecule has 1 atom stereocenters. The number of hydrogen-bond donors (Lipinski definition) is 0. The zero-order chi connectivity index (χ0) is 11.3. The van der Waals surface area contributed by atoms with Crippen LogP contribution in [0.3, 0.4) is 0 Å². The second-order valence-corrected chi connectivity index (χ2v) is 4.12. The highest BCUT2D eigenvalue weighted by molar-refractivity contribution is 5.93. The molecule has 0 radical (unpaired) electrons. The first-order chi connectivity index (χ1) is 7.19. The number of nitrogens with zero attached hydrogens (tertiary/aromatic N) is 1. The zero-order valence-electron chi connectivity index (χ0n) is 9.38. The first-order valence-corrected chi connectivity index (χ1v) is 5.39. The van der Waals surface area contributed by atoms with Gasteiger partial charge in [0.1, 0.15) is 11.6 Å². The third kappa shape index (κ3) is 3.09. The third-order valence-electron chi connectivity index (χ3n) is 2.97. The van der Waals surface area contributed by atoms with Crippen LogP contribution in [-0.2, 0) is 9.53 Å². The normalized spacial score (nSPS) is 25.0. The molecule has 1 aliphatic rings. The van der Waals surface area contributed by atoms with Gasteiger partial charge in [-0.2, -0.15) is 5.26 Å². The second kappa shape index (κ2) is 5.55. The smallest absolute Gasteiger partial charge is 0.348 e. The van der Waals surface area contributed by atoms with Gasteiger partial charge in [0.15, 0.2) is 0 Å². The summed E-state index contributed by atoms with van der Waals surface area (Å²) in [4.78, 5) is 11.3. The van der Waals surface area contributed by atoms with E-state index in [9.17, 15) is 4.79 Å². The van der Waals surface area contributed by atoms with E-state index in [1.54, 1.807) is 0 Å². The largest absolute Gasteiger partial charge is 0.465 e. The minimum Gasteiger partial charge on any atom is -0.465 e. The van der Waals surface area contributed by atoms with E-state index in [1.165, 1.54) is 13.5 Å². The first kappa shape index (κ1) is 11.8. The molecule has 0 aromatic carbocycles. The average molecular weight is 207 g/mol. The molecule has 1 rings (SSSR count). The number of esters is 1. The zero-order valence-corrected chi connectivity index (χ0v) is 9.38. The highest BCUT2D eigenvalue weighted by Crippen LogP contribution is 2.28. The molecule has 3 nitrogen and oxygen atoms in total. The van der Waals surface area contributed by atoms with Crippen LogP contribution < -0.4 is 0 Å². The molecule has 0 bridgehead atoms. The van der Waals surface area contributed by atoms with Crippen LogP contribution in [-0.4, -0.2) is 13.1 Å². The fourth-order valence-corrected chi connectivity index (χ4v) is 1.97. The SMILES string of the molecule is COC(=O)/C(C#N)=C1/CCCC(C)CC1. The Morgan fingerprint density at radius 3 is 2.80 bits per heavy atom. The molecular formula is C12H17NO2. The number of carbonyl (C=O) groups is 1. The molecule has 82 valence electrons. The van der Waals surface area contributed by atoms with Gasteiger partial charge in [-0.05, 0) is 37.2 Å². The van der Waals surface area contributed by atoms with Crippen molar-refractivity contribution in [1.29, 1.82) is 5.26 Å². The van der Waals surface area contributed by atoms with E-state index in [0.717, 1.165) is 31.3 Å². The van der Waals surface area contributed by atoms with Crippen molar-refractivity contribution in [3.8, 4) is 6.07 Å². The third-order valence-corrected chi connectivity index (χ3v) is 2.97. The Labute approximate surface area is 90.7 Å². The molecule has 0 N–H and O–H groups in total. The molecule has 1 aliphatic carbocycles. The van der Waals surface area contributed by atoms with E-state index >= 15 is 0 Å². The number of methoxy groups -OCH3 is 1. The maximum absolute atomic E-state index is 11.3. The van der Waals surface area contributed by atoms with Gasteiger partial charge in [0.05, 0.1) is 7.11 Å². The second-order valence-electron chi connectivity index (χ2n) is 4.12. The van der Waals surface area contributed by atoms with E-state index in [1.807, 2.05) is 6.07 Å². The minimum absolute atomic E-state index is 0.228. The molecule has 0 heterocycles. The quantitative estimate of drug-likeness (QED) is 0.287. The molecule has 0 aromatic rings. The predicted molar refractivity (Wildman–Crippen MR) is 56.9 cm³/mol. The number of allylic oxidation sites excluding steroid dienone is 1. The Morgan fingerprint density at radius 1 is 1.47 bits per heavy atom. The number of nitriles is 1. The standard InChI is InChI=1S/C12H17NO2/c1-9-4-3-5-10(7-6-9)11(8-13)12(14)15-2/h9H,3-7H2,1-2H3/b11-10-. The van der Waals surface area contributed by atoms with E-state index < -0.39 is 5.97 Å². The fraction of sp³-hybridized carbons (Fsp3) is 0.667. The van der Waals surface area contributed by atoms with Crippen molar-refractivity contribution in [3.05, 3.63) is 11.1 Å². The minimum atomic E-state index is -0.484. The number of rotatable bonds is 1. The van der Waals surface area contributed by atoms with Gasteiger partial charge < -0.3 is 4.74 Å². The van der Waals surface area contributed by atoms with Crippen LogP contribution in [0, 0.1) is 17.2 Å². The van der Waals surface area contributed by atoms with Crippen LogP contribution in [0.15, 0.2) is 11.1 Å². The van der Waals surface area contributed by atoms with Crippen molar-refractivity contribution in [1.82, 2.24) is 0 Å². The Morgan fingerprint density at radius 2 is 2.20 bits per heavy atom. The summed E-state index contributed by atoms with van der Waals surface area (Å²) in [6, 6.07) is 1.97. The highest BCUT2D eigenvalue weighted by atomic mass is 16.5. The van der Waals surface area contributed by atoms with Crippen molar-refractivity contribution >= 4 is 5.97 Å². The first-order valence-electron chi connectivity index (χ1n) is 5.39. The van der Waals surface area contributed by atoms with Crippen LogP contribution in [0.1, 0.15) is 39.0 Å². The molecule has 0 saturated heterocycles. The summed E-state index contributed by atoms with van der Waals surface area (Å²) in [6.45, 7) is 2.22. The lowest BCUT2D eigenvalue weighted by Crippen LogP contribution is -2.06. The number of hydrogen-bond acceptors (Lipinski definition) is 3. The van der Waals surface area contributed by atoms with E-state index in [2.05, 4.69) is 11.7 Å². The fourth-order valence-electron chi connectivity index (χ4n) is 1.97. The van der Waals surface area contributed by atoms with Gasteiger partial charge in [0.2, 0.25) is 0 Å². The summed E-state index contributed by atoms with van der Waals surface area (Å²) in [5.41, 5.74) is 1.21. The van der Waals surface area contributed by atoms with Gasteiger partial charge >= 0.3 is 5.97 Å².